The molecule has 1 heterocycles. The van der Waals surface area contributed by atoms with Gasteiger partial charge in [-0.2, -0.15) is 0 Å². The van der Waals surface area contributed by atoms with Gasteiger partial charge in [0.2, 0.25) is 0 Å². The minimum Gasteiger partial charge on any atom is -0.478 e. The number of carboxylic acids is 1. The van der Waals surface area contributed by atoms with Crippen LogP contribution in [0, 0.1) is 17.4 Å². The van der Waals surface area contributed by atoms with Crippen molar-refractivity contribution in [3.8, 4) is 0 Å². The van der Waals surface area contributed by atoms with Gasteiger partial charge in [0, 0.05) is 14.0 Å². The molecule has 2 rings (SSSR count). The largest absolute Gasteiger partial charge is 0.478 e. The molecule has 0 aliphatic carbocycles. The molecule has 0 saturated heterocycles. The Morgan fingerprint density at radius 3 is 2.57 bits per heavy atom. The van der Waals surface area contributed by atoms with Crippen molar-refractivity contribution >= 4 is 62.4 Å². The SMILES string of the molecule is Cc1sc(NC(=O)c2ccc(I)c(Cl)c2)c(C(=O)O)c1C. The molecule has 7 heteroatoms. The number of halogens is 2. The number of thiophene rings is 1. The van der Waals surface area contributed by atoms with Gasteiger partial charge in [0.1, 0.15) is 5.00 Å². The smallest absolute Gasteiger partial charge is 0.338 e. The molecule has 0 bridgehead atoms. The molecule has 1 amide bonds. The summed E-state index contributed by atoms with van der Waals surface area (Å²) in [6.07, 6.45) is 0. The number of benzene rings is 1. The van der Waals surface area contributed by atoms with Gasteiger partial charge in [-0.25, -0.2) is 4.79 Å². The average Bonchev–Trinajstić information content (AvgIpc) is 2.68. The van der Waals surface area contributed by atoms with Crippen LogP contribution in [0.15, 0.2) is 18.2 Å². The van der Waals surface area contributed by atoms with Gasteiger partial charge in [0.25, 0.3) is 5.91 Å². The van der Waals surface area contributed by atoms with Crippen molar-refractivity contribution in [2.45, 2.75) is 13.8 Å². The molecule has 0 atom stereocenters. The van der Waals surface area contributed by atoms with Crippen LogP contribution >= 0.6 is 45.5 Å². The summed E-state index contributed by atoms with van der Waals surface area (Å²) < 4.78 is 0.847. The van der Waals surface area contributed by atoms with Crippen LogP contribution in [-0.4, -0.2) is 17.0 Å². The number of carbonyl (C=O) groups is 2. The number of hydrogen-bond donors (Lipinski definition) is 2. The Bertz CT molecular complexity index is 742. The Hall–Kier alpha value is -1.12. The molecule has 1 aromatic carbocycles. The van der Waals surface area contributed by atoms with E-state index in [1.54, 1.807) is 25.1 Å². The van der Waals surface area contributed by atoms with Crippen molar-refractivity contribution in [3.05, 3.63) is 48.4 Å². The van der Waals surface area contributed by atoms with Crippen molar-refractivity contribution < 1.29 is 14.7 Å². The van der Waals surface area contributed by atoms with E-state index in [0.29, 0.717) is 21.2 Å². The lowest BCUT2D eigenvalue weighted by molar-refractivity contribution is 0.0697. The van der Waals surface area contributed by atoms with E-state index in [-0.39, 0.29) is 11.5 Å². The molecule has 0 saturated carbocycles. The van der Waals surface area contributed by atoms with Crippen LogP contribution in [0.4, 0.5) is 5.00 Å². The minimum absolute atomic E-state index is 0.141. The number of hydrogen-bond acceptors (Lipinski definition) is 3. The molecule has 2 aromatic rings. The molecule has 1 aromatic heterocycles. The number of carboxylic acid groups (broad SMARTS) is 1. The Morgan fingerprint density at radius 2 is 2.00 bits per heavy atom. The number of aryl methyl sites for hydroxylation is 1. The van der Waals surface area contributed by atoms with E-state index in [2.05, 4.69) is 27.9 Å². The monoisotopic (exact) mass is 435 g/mol. The van der Waals surface area contributed by atoms with Crippen LogP contribution in [0.1, 0.15) is 31.2 Å². The Kier molecular flexibility index (Phi) is 4.90. The van der Waals surface area contributed by atoms with Gasteiger partial charge in [-0.3, -0.25) is 4.79 Å². The van der Waals surface area contributed by atoms with Crippen LogP contribution < -0.4 is 5.32 Å². The maximum Gasteiger partial charge on any atom is 0.338 e. The van der Waals surface area contributed by atoms with Gasteiger partial charge in [0.05, 0.1) is 10.6 Å². The fraction of sp³-hybridized carbons (Fsp3) is 0.143. The molecular formula is C14H11ClINO3S. The maximum atomic E-state index is 12.2. The van der Waals surface area contributed by atoms with Crippen molar-refractivity contribution in [1.82, 2.24) is 0 Å². The molecule has 0 spiro atoms. The summed E-state index contributed by atoms with van der Waals surface area (Å²) in [5.74, 6) is -1.43. The summed E-state index contributed by atoms with van der Waals surface area (Å²) in [5, 5.41) is 12.7. The third-order valence-electron chi connectivity index (χ3n) is 3.01. The number of aromatic carboxylic acids is 1. The van der Waals surface area contributed by atoms with Crippen LogP contribution in [0.25, 0.3) is 0 Å². The summed E-state index contributed by atoms with van der Waals surface area (Å²) in [6.45, 7) is 3.55. The number of anilines is 1. The van der Waals surface area contributed by atoms with E-state index in [1.807, 2.05) is 6.92 Å². The van der Waals surface area contributed by atoms with Crippen molar-refractivity contribution in [3.63, 3.8) is 0 Å². The highest BCUT2D eigenvalue weighted by molar-refractivity contribution is 14.1. The molecule has 110 valence electrons. The summed E-state index contributed by atoms with van der Waals surface area (Å²) in [6, 6.07) is 4.95. The fourth-order valence-corrected chi connectivity index (χ4v) is 3.35. The van der Waals surface area contributed by atoms with Gasteiger partial charge in [0.15, 0.2) is 0 Å². The zero-order valence-corrected chi connectivity index (χ0v) is 14.9. The lowest BCUT2D eigenvalue weighted by Crippen LogP contribution is -2.13. The second kappa shape index (κ2) is 6.33. The van der Waals surface area contributed by atoms with Crippen LogP contribution in [-0.2, 0) is 0 Å². The van der Waals surface area contributed by atoms with E-state index in [4.69, 9.17) is 11.6 Å². The van der Waals surface area contributed by atoms with Crippen LogP contribution in [0.5, 0.6) is 0 Å². The first kappa shape index (κ1) is 16.3. The number of carbonyl (C=O) groups excluding carboxylic acids is 1. The molecule has 0 aliphatic heterocycles. The summed E-state index contributed by atoms with van der Waals surface area (Å²) in [5.41, 5.74) is 1.20. The summed E-state index contributed by atoms with van der Waals surface area (Å²) in [7, 11) is 0. The molecular weight excluding hydrogens is 425 g/mol. The topological polar surface area (TPSA) is 66.4 Å². The summed E-state index contributed by atoms with van der Waals surface area (Å²) >= 11 is 9.32. The lowest BCUT2D eigenvalue weighted by Gasteiger charge is -2.06. The second-order valence-electron chi connectivity index (χ2n) is 4.38. The normalized spacial score (nSPS) is 10.5. The van der Waals surface area contributed by atoms with Crippen molar-refractivity contribution in [2.75, 3.05) is 5.32 Å². The number of amides is 1. The highest BCUT2D eigenvalue weighted by atomic mass is 127. The average molecular weight is 436 g/mol. The molecule has 0 fully saturated rings. The zero-order valence-electron chi connectivity index (χ0n) is 11.2. The van der Waals surface area contributed by atoms with Gasteiger partial charge in [-0.15, -0.1) is 11.3 Å². The molecule has 21 heavy (non-hydrogen) atoms. The molecule has 4 nitrogen and oxygen atoms in total. The predicted octanol–water partition coefficient (Wildman–Crippen LogP) is 4.57. The number of nitrogens with one attached hydrogen (secondary N) is 1. The van der Waals surface area contributed by atoms with E-state index in [1.165, 1.54) is 11.3 Å². The Labute approximate surface area is 144 Å². The summed E-state index contributed by atoms with van der Waals surface area (Å²) in [4.78, 5) is 24.4. The highest BCUT2D eigenvalue weighted by Crippen LogP contribution is 2.32. The van der Waals surface area contributed by atoms with E-state index >= 15 is 0 Å². The molecule has 2 N–H and O–H groups in total. The molecule has 0 aliphatic rings. The fourth-order valence-electron chi connectivity index (χ4n) is 1.79. The van der Waals surface area contributed by atoms with E-state index < -0.39 is 5.97 Å². The van der Waals surface area contributed by atoms with Crippen LogP contribution in [0.3, 0.4) is 0 Å². The van der Waals surface area contributed by atoms with Crippen LogP contribution in [0.2, 0.25) is 5.02 Å². The van der Waals surface area contributed by atoms with Gasteiger partial charge >= 0.3 is 5.97 Å². The second-order valence-corrected chi connectivity index (χ2v) is 7.17. The maximum absolute atomic E-state index is 12.2. The highest BCUT2D eigenvalue weighted by Gasteiger charge is 2.20. The van der Waals surface area contributed by atoms with Gasteiger partial charge < -0.3 is 10.4 Å². The Balaban J connectivity index is 2.33. The lowest BCUT2D eigenvalue weighted by atomic mass is 10.1. The predicted molar refractivity (Wildman–Crippen MR) is 92.9 cm³/mol. The standard InChI is InChI=1S/C14H11ClINO3S/c1-6-7(2)21-13(11(6)14(19)20)17-12(18)8-3-4-10(16)9(15)5-8/h3-5H,1-2H3,(H,17,18)(H,19,20). The van der Waals surface area contributed by atoms with E-state index in [0.717, 1.165) is 8.45 Å². The van der Waals surface area contributed by atoms with Crippen molar-refractivity contribution in [2.24, 2.45) is 0 Å². The first-order valence-corrected chi connectivity index (χ1v) is 8.18. The molecule has 0 radical (unpaired) electrons. The first-order chi connectivity index (χ1) is 9.81. The first-order valence-electron chi connectivity index (χ1n) is 5.91. The van der Waals surface area contributed by atoms with Crippen molar-refractivity contribution in [1.29, 1.82) is 0 Å². The zero-order chi connectivity index (χ0) is 15.7. The Morgan fingerprint density at radius 1 is 1.33 bits per heavy atom. The minimum atomic E-state index is -1.05. The van der Waals surface area contributed by atoms with E-state index in [9.17, 15) is 14.7 Å². The quantitative estimate of drug-likeness (QED) is 0.694. The molecule has 0 unspecified atom stereocenters. The third-order valence-corrected chi connectivity index (χ3v) is 5.70. The van der Waals surface area contributed by atoms with Gasteiger partial charge in [-0.05, 0) is 60.2 Å². The number of rotatable bonds is 3. The third kappa shape index (κ3) is 3.38. The van der Waals surface area contributed by atoms with Gasteiger partial charge in [-0.1, -0.05) is 11.6 Å².